The van der Waals surface area contributed by atoms with Crippen LogP contribution in [0.4, 0.5) is 0 Å². The molecule has 0 amide bonds. The highest BCUT2D eigenvalue weighted by Crippen LogP contribution is 1.91. The Balaban J connectivity index is 0. The number of carbonyl (C=O) groups is 2. The van der Waals surface area contributed by atoms with Gasteiger partial charge in [-0.2, -0.15) is 0 Å². The van der Waals surface area contributed by atoms with Crippen LogP contribution in [0.15, 0.2) is 49.1 Å². The molecule has 0 radical (unpaired) electrons. The summed E-state index contributed by atoms with van der Waals surface area (Å²) in [5, 5.41) is 8.22. The third-order valence-electron chi connectivity index (χ3n) is 1.24. The Morgan fingerprint density at radius 1 is 1.31 bits per heavy atom. The van der Waals surface area contributed by atoms with E-state index in [4.69, 9.17) is 5.11 Å². The summed E-state index contributed by atoms with van der Waals surface area (Å²) in [6.07, 6.45) is 4.40. The van der Waals surface area contributed by atoms with Crippen LogP contribution in [0.5, 0.6) is 0 Å². The standard InChI is InChI=1S/C7H8O2.C5H8O2/c1-3-4-5-6(2)7(8)9;1-4(2)5(6)7-3/h3-5H,1-2H2,(H,8,9);1H2,2-3H3. The number of hydrogen-bond donors (Lipinski definition) is 1. The second-order valence-electron chi connectivity index (χ2n) is 2.70. The quantitative estimate of drug-likeness (QED) is 0.451. The van der Waals surface area contributed by atoms with Gasteiger partial charge < -0.3 is 9.84 Å². The van der Waals surface area contributed by atoms with E-state index in [1.165, 1.54) is 25.3 Å². The molecular weight excluding hydrogens is 208 g/mol. The molecule has 0 aromatic heterocycles. The van der Waals surface area contributed by atoms with Crippen molar-refractivity contribution in [2.24, 2.45) is 0 Å². The second-order valence-corrected chi connectivity index (χ2v) is 2.70. The number of esters is 1. The van der Waals surface area contributed by atoms with Crippen molar-refractivity contribution in [1.82, 2.24) is 0 Å². The highest BCUT2D eigenvalue weighted by Gasteiger charge is 1.95. The molecule has 0 aromatic rings. The minimum absolute atomic E-state index is 0.0647. The first-order valence-corrected chi connectivity index (χ1v) is 4.31. The van der Waals surface area contributed by atoms with Gasteiger partial charge in [0.05, 0.1) is 12.7 Å². The van der Waals surface area contributed by atoms with Crippen LogP contribution in [0.3, 0.4) is 0 Å². The van der Waals surface area contributed by atoms with E-state index in [9.17, 15) is 9.59 Å². The molecule has 4 nitrogen and oxygen atoms in total. The maximum absolute atomic E-state index is 10.2. The van der Waals surface area contributed by atoms with Crippen molar-refractivity contribution in [2.45, 2.75) is 6.92 Å². The largest absolute Gasteiger partial charge is 0.478 e. The highest BCUT2D eigenvalue weighted by molar-refractivity contribution is 5.89. The van der Waals surface area contributed by atoms with Crippen LogP contribution in [-0.4, -0.2) is 24.2 Å². The Labute approximate surface area is 95.2 Å². The molecule has 0 spiro atoms. The van der Waals surface area contributed by atoms with Gasteiger partial charge >= 0.3 is 11.9 Å². The van der Waals surface area contributed by atoms with E-state index >= 15 is 0 Å². The predicted octanol–water partition coefficient (Wildman–Crippen LogP) is 2.10. The zero-order chi connectivity index (χ0) is 13.1. The summed E-state index contributed by atoms with van der Waals surface area (Å²) in [5.41, 5.74) is 0.498. The van der Waals surface area contributed by atoms with Crippen molar-refractivity contribution >= 4 is 11.9 Å². The van der Waals surface area contributed by atoms with E-state index < -0.39 is 5.97 Å². The van der Waals surface area contributed by atoms with Crippen LogP contribution in [0.2, 0.25) is 0 Å². The summed E-state index contributed by atoms with van der Waals surface area (Å²) >= 11 is 0. The van der Waals surface area contributed by atoms with Crippen LogP contribution in [0.1, 0.15) is 6.92 Å². The molecule has 0 heterocycles. The van der Waals surface area contributed by atoms with Crippen molar-refractivity contribution in [1.29, 1.82) is 0 Å². The smallest absolute Gasteiger partial charge is 0.335 e. The van der Waals surface area contributed by atoms with Crippen molar-refractivity contribution in [2.75, 3.05) is 7.11 Å². The lowest BCUT2D eigenvalue weighted by atomic mass is 10.3. The molecule has 0 atom stereocenters. The lowest BCUT2D eigenvalue weighted by Crippen LogP contribution is -1.98. The Hall–Kier alpha value is -2.10. The van der Waals surface area contributed by atoms with E-state index in [1.54, 1.807) is 6.92 Å². The number of carboxylic acid groups (broad SMARTS) is 1. The molecule has 0 bridgehead atoms. The number of aliphatic carboxylic acids is 1. The molecule has 0 aliphatic rings. The molecule has 1 N–H and O–H groups in total. The van der Waals surface area contributed by atoms with E-state index in [0.29, 0.717) is 5.57 Å². The first-order chi connectivity index (χ1) is 7.36. The highest BCUT2D eigenvalue weighted by atomic mass is 16.5. The molecule has 0 fully saturated rings. The van der Waals surface area contributed by atoms with Gasteiger partial charge in [0.15, 0.2) is 0 Å². The van der Waals surface area contributed by atoms with Gasteiger partial charge in [-0.25, -0.2) is 9.59 Å². The van der Waals surface area contributed by atoms with E-state index in [-0.39, 0.29) is 11.5 Å². The SMILES string of the molecule is C=C(C)C(=O)OC.C=CC=CC(=C)C(=O)O. The summed E-state index contributed by atoms with van der Waals surface area (Å²) < 4.78 is 4.27. The lowest BCUT2D eigenvalue weighted by Gasteiger charge is -1.91. The zero-order valence-electron chi connectivity index (χ0n) is 9.53. The summed E-state index contributed by atoms with van der Waals surface area (Å²) in [6, 6.07) is 0. The molecule has 4 heteroatoms. The van der Waals surface area contributed by atoms with Crippen LogP contribution in [0.25, 0.3) is 0 Å². The molecular formula is C12H16O4. The zero-order valence-corrected chi connectivity index (χ0v) is 9.53. The van der Waals surface area contributed by atoms with Gasteiger partial charge in [-0.1, -0.05) is 31.9 Å². The Kier molecular flexibility index (Phi) is 9.65. The summed E-state index contributed by atoms with van der Waals surface area (Å²) in [6.45, 7) is 11.6. The minimum atomic E-state index is -1.01. The topological polar surface area (TPSA) is 63.6 Å². The van der Waals surface area contributed by atoms with Crippen molar-refractivity contribution in [3.8, 4) is 0 Å². The normalized spacial score (nSPS) is 8.62. The molecule has 0 unspecified atom stereocenters. The second kappa shape index (κ2) is 9.45. The third kappa shape index (κ3) is 9.98. The number of carboxylic acids is 1. The van der Waals surface area contributed by atoms with Gasteiger partial charge in [-0.3, -0.25) is 0 Å². The summed E-state index contributed by atoms with van der Waals surface area (Å²) in [4.78, 5) is 20.2. The first-order valence-electron chi connectivity index (χ1n) is 4.31. The third-order valence-corrected chi connectivity index (χ3v) is 1.24. The summed E-state index contributed by atoms with van der Waals surface area (Å²) in [5.74, 6) is -1.35. The average Bonchev–Trinajstić information content (AvgIpc) is 2.25. The van der Waals surface area contributed by atoms with Crippen LogP contribution < -0.4 is 0 Å². The van der Waals surface area contributed by atoms with Crippen LogP contribution in [0, 0.1) is 0 Å². The van der Waals surface area contributed by atoms with Gasteiger partial charge in [-0.15, -0.1) is 0 Å². The molecule has 0 rings (SSSR count). The Bertz CT molecular complexity index is 324. The molecule has 0 aliphatic carbocycles. The minimum Gasteiger partial charge on any atom is -0.478 e. The molecule has 88 valence electrons. The van der Waals surface area contributed by atoms with E-state index in [0.717, 1.165) is 0 Å². The molecule has 0 aliphatic heterocycles. The van der Waals surface area contributed by atoms with Crippen molar-refractivity contribution in [3.05, 3.63) is 49.1 Å². The molecule has 0 saturated carbocycles. The van der Waals surface area contributed by atoms with E-state index in [1.807, 2.05) is 0 Å². The van der Waals surface area contributed by atoms with E-state index in [2.05, 4.69) is 24.5 Å². The molecule has 0 saturated heterocycles. The van der Waals surface area contributed by atoms with Crippen LogP contribution in [-0.2, 0) is 14.3 Å². The fourth-order valence-electron chi connectivity index (χ4n) is 0.430. The molecule has 0 aromatic carbocycles. The number of hydrogen-bond acceptors (Lipinski definition) is 3. The lowest BCUT2D eigenvalue weighted by molar-refractivity contribution is -0.136. The number of ether oxygens (including phenoxy) is 1. The fourth-order valence-corrected chi connectivity index (χ4v) is 0.430. The Morgan fingerprint density at radius 3 is 2.00 bits per heavy atom. The number of rotatable bonds is 4. The van der Waals surface area contributed by atoms with Crippen LogP contribution >= 0.6 is 0 Å². The van der Waals surface area contributed by atoms with Gasteiger partial charge in [0, 0.05) is 5.57 Å². The van der Waals surface area contributed by atoms with Crippen molar-refractivity contribution < 1.29 is 19.4 Å². The van der Waals surface area contributed by atoms with Gasteiger partial charge in [0.2, 0.25) is 0 Å². The number of methoxy groups -OCH3 is 1. The molecule has 16 heavy (non-hydrogen) atoms. The summed E-state index contributed by atoms with van der Waals surface area (Å²) in [7, 11) is 1.33. The Morgan fingerprint density at radius 2 is 1.81 bits per heavy atom. The van der Waals surface area contributed by atoms with Gasteiger partial charge in [0.1, 0.15) is 0 Å². The van der Waals surface area contributed by atoms with Gasteiger partial charge in [0.25, 0.3) is 0 Å². The van der Waals surface area contributed by atoms with Gasteiger partial charge in [-0.05, 0) is 13.0 Å². The number of carbonyl (C=O) groups excluding carboxylic acids is 1. The maximum atomic E-state index is 10.2. The monoisotopic (exact) mass is 224 g/mol. The maximum Gasteiger partial charge on any atom is 0.335 e. The van der Waals surface area contributed by atoms with Crippen molar-refractivity contribution in [3.63, 3.8) is 0 Å². The first kappa shape index (κ1) is 16.3. The number of allylic oxidation sites excluding steroid dienone is 2. The average molecular weight is 224 g/mol. The fraction of sp³-hybridized carbons (Fsp3) is 0.167. The predicted molar refractivity (Wildman–Crippen MR) is 62.9 cm³/mol.